The van der Waals surface area contributed by atoms with Gasteiger partial charge in [0, 0.05) is 16.5 Å². The first-order valence-electron chi connectivity index (χ1n) is 20.2. The molecule has 1 nitrogen and oxygen atoms in total. The van der Waals surface area contributed by atoms with Crippen molar-refractivity contribution in [3.05, 3.63) is 236 Å². The molecule has 9 aromatic rings. The standard InChI is InChI=1S/C57H43N/c1-57(2)51-32-16-14-28-48(51)50-31-19-35-54(56(50)57)58(52-33-17-15-27-46(52)44-38-36-41(37-39-44)40-20-6-3-7-21-40)53-34-18-30-47(43-24-10-5-11-25-43)55(53)49-29-13-12-26-45(49)42-22-8-4-9-23-42/h3-39H,1-2H3. The van der Waals surface area contributed by atoms with Gasteiger partial charge in [0.25, 0.3) is 0 Å². The van der Waals surface area contributed by atoms with Crippen molar-refractivity contribution < 1.29 is 0 Å². The smallest absolute Gasteiger partial charge is 0.0546 e. The third-order valence-corrected chi connectivity index (χ3v) is 11.9. The van der Waals surface area contributed by atoms with Crippen molar-refractivity contribution in [3.63, 3.8) is 0 Å². The Morgan fingerprint density at radius 1 is 0.276 bits per heavy atom. The van der Waals surface area contributed by atoms with Crippen LogP contribution >= 0.6 is 0 Å². The van der Waals surface area contributed by atoms with Gasteiger partial charge >= 0.3 is 0 Å². The monoisotopic (exact) mass is 741 g/mol. The zero-order valence-electron chi connectivity index (χ0n) is 32.8. The van der Waals surface area contributed by atoms with Crippen LogP contribution in [0.1, 0.15) is 25.0 Å². The molecule has 1 aliphatic carbocycles. The second-order valence-electron chi connectivity index (χ2n) is 15.6. The molecule has 0 bridgehead atoms. The molecule has 0 aliphatic heterocycles. The lowest BCUT2D eigenvalue weighted by molar-refractivity contribution is 0.661. The van der Waals surface area contributed by atoms with Gasteiger partial charge in [-0.05, 0) is 85.0 Å². The van der Waals surface area contributed by atoms with Crippen LogP contribution in [0.3, 0.4) is 0 Å². The molecule has 9 aromatic carbocycles. The van der Waals surface area contributed by atoms with E-state index >= 15 is 0 Å². The Balaban J connectivity index is 1.29. The molecule has 0 spiro atoms. The maximum absolute atomic E-state index is 2.57. The highest BCUT2D eigenvalue weighted by Crippen LogP contribution is 2.57. The summed E-state index contributed by atoms with van der Waals surface area (Å²) in [5.74, 6) is 0. The van der Waals surface area contributed by atoms with Crippen LogP contribution in [0.15, 0.2) is 224 Å². The first-order valence-corrected chi connectivity index (χ1v) is 20.2. The lowest BCUT2D eigenvalue weighted by Crippen LogP contribution is -2.21. The van der Waals surface area contributed by atoms with E-state index in [9.17, 15) is 0 Å². The molecule has 0 aromatic heterocycles. The summed E-state index contributed by atoms with van der Waals surface area (Å²) in [7, 11) is 0. The van der Waals surface area contributed by atoms with Gasteiger partial charge in [0.2, 0.25) is 0 Å². The molecule has 0 heterocycles. The van der Waals surface area contributed by atoms with Crippen LogP contribution in [0, 0.1) is 0 Å². The van der Waals surface area contributed by atoms with E-state index in [4.69, 9.17) is 0 Å². The summed E-state index contributed by atoms with van der Waals surface area (Å²) in [5, 5.41) is 0. The summed E-state index contributed by atoms with van der Waals surface area (Å²) in [6, 6.07) is 81.9. The fourth-order valence-corrected chi connectivity index (χ4v) is 9.22. The summed E-state index contributed by atoms with van der Waals surface area (Å²) in [6.45, 7) is 4.78. The second-order valence-corrected chi connectivity index (χ2v) is 15.6. The van der Waals surface area contributed by atoms with E-state index in [2.05, 4.69) is 243 Å². The van der Waals surface area contributed by atoms with E-state index < -0.39 is 0 Å². The number of nitrogens with zero attached hydrogens (tertiary/aromatic N) is 1. The molecule has 0 radical (unpaired) electrons. The molecule has 0 saturated carbocycles. The lowest BCUT2D eigenvalue weighted by atomic mass is 9.81. The summed E-state index contributed by atoms with van der Waals surface area (Å²) >= 11 is 0. The first-order chi connectivity index (χ1) is 28.6. The van der Waals surface area contributed by atoms with Crippen LogP contribution in [0.2, 0.25) is 0 Å². The van der Waals surface area contributed by atoms with Gasteiger partial charge in [0.1, 0.15) is 0 Å². The highest BCUT2D eigenvalue weighted by molar-refractivity contribution is 6.04. The number of hydrogen-bond donors (Lipinski definition) is 0. The maximum atomic E-state index is 2.57. The molecular formula is C57H43N. The molecule has 0 unspecified atom stereocenters. The first kappa shape index (κ1) is 35.2. The lowest BCUT2D eigenvalue weighted by Gasteiger charge is -2.35. The third kappa shape index (κ3) is 6.04. The summed E-state index contributed by atoms with van der Waals surface area (Å²) < 4.78 is 0. The fourth-order valence-electron chi connectivity index (χ4n) is 9.22. The molecule has 1 aliphatic rings. The Hall–Kier alpha value is -7.22. The minimum atomic E-state index is -0.244. The van der Waals surface area contributed by atoms with Crippen LogP contribution < -0.4 is 4.90 Å². The third-order valence-electron chi connectivity index (χ3n) is 11.9. The molecule has 10 rings (SSSR count). The number of para-hydroxylation sites is 1. The Morgan fingerprint density at radius 2 is 0.690 bits per heavy atom. The predicted molar refractivity (Wildman–Crippen MR) is 246 cm³/mol. The van der Waals surface area contributed by atoms with E-state index in [0.717, 1.165) is 11.4 Å². The molecule has 58 heavy (non-hydrogen) atoms. The number of fused-ring (bicyclic) bond motifs is 3. The van der Waals surface area contributed by atoms with Gasteiger partial charge < -0.3 is 4.90 Å². The Labute approximate surface area is 342 Å². The predicted octanol–water partition coefficient (Wildman–Crippen LogP) is 15.8. The van der Waals surface area contributed by atoms with Gasteiger partial charge in [-0.1, -0.05) is 220 Å². The zero-order chi connectivity index (χ0) is 39.1. The average Bonchev–Trinajstić information content (AvgIpc) is 3.54. The van der Waals surface area contributed by atoms with Gasteiger partial charge in [-0.3, -0.25) is 0 Å². The molecular weight excluding hydrogens is 699 g/mol. The van der Waals surface area contributed by atoms with Crippen LogP contribution in [0.5, 0.6) is 0 Å². The summed E-state index contributed by atoms with van der Waals surface area (Å²) in [4.78, 5) is 2.57. The van der Waals surface area contributed by atoms with Crippen molar-refractivity contribution >= 4 is 17.1 Å². The Kier molecular flexibility index (Phi) is 8.92. The second kappa shape index (κ2) is 14.7. The summed E-state index contributed by atoms with van der Waals surface area (Å²) in [5.41, 5.74) is 20.3. The molecule has 0 fully saturated rings. The Bertz CT molecular complexity index is 2890. The van der Waals surface area contributed by atoms with Crippen LogP contribution in [0.25, 0.3) is 66.8 Å². The molecule has 0 amide bonds. The zero-order valence-corrected chi connectivity index (χ0v) is 32.8. The number of benzene rings is 9. The number of rotatable bonds is 8. The van der Waals surface area contributed by atoms with E-state index in [1.165, 1.54) is 83.6 Å². The van der Waals surface area contributed by atoms with Crippen molar-refractivity contribution in [1.82, 2.24) is 0 Å². The number of anilines is 3. The Morgan fingerprint density at radius 3 is 1.36 bits per heavy atom. The highest BCUT2D eigenvalue weighted by atomic mass is 15.2. The van der Waals surface area contributed by atoms with Crippen molar-refractivity contribution in [2.75, 3.05) is 4.90 Å². The van der Waals surface area contributed by atoms with Crippen molar-refractivity contribution in [2.45, 2.75) is 19.3 Å². The maximum Gasteiger partial charge on any atom is 0.0546 e. The highest BCUT2D eigenvalue weighted by Gasteiger charge is 2.39. The quantitative estimate of drug-likeness (QED) is 0.150. The van der Waals surface area contributed by atoms with Gasteiger partial charge in [-0.2, -0.15) is 0 Å². The molecule has 276 valence electrons. The summed E-state index contributed by atoms with van der Waals surface area (Å²) in [6.07, 6.45) is 0. The minimum Gasteiger partial charge on any atom is -0.309 e. The van der Waals surface area contributed by atoms with Gasteiger partial charge in [0.05, 0.1) is 17.1 Å². The number of hydrogen-bond acceptors (Lipinski definition) is 1. The van der Waals surface area contributed by atoms with Crippen LogP contribution in [-0.2, 0) is 5.41 Å². The minimum absolute atomic E-state index is 0.244. The van der Waals surface area contributed by atoms with E-state index in [0.29, 0.717) is 0 Å². The molecule has 0 saturated heterocycles. The van der Waals surface area contributed by atoms with Crippen molar-refractivity contribution in [2.24, 2.45) is 0 Å². The van der Waals surface area contributed by atoms with Crippen molar-refractivity contribution in [3.8, 4) is 66.8 Å². The normalized spacial score (nSPS) is 12.4. The van der Waals surface area contributed by atoms with E-state index in [-0.39, 0.29) is 5.41 Å². The van der Waals surface area contributed by atoms with Gasteiger partial charge in [-0.25, -0.2) is 0 Å². The van der Waals surface area contributed by atoms with Gasteiger partial charge in [-0.15, -0.1) is 0 Å². The molecule has 1 heteroatoms. The van der Waals surface area contributed by atoms with Gasteiger partial charge in [0.15, 0.2) is 0 Å². The largest absolute Gasteiger partial charge is 0.309 e. The molecule has 0 N–H and O–H groups in total. The average molecular weight is 742 g/mol. The van der Waals surface area contributed by atoms with Crippen LogP contribution in [-0.4, -0.2) is 0 Å². The molecule has 0 atom stereocenters. The van der Waals surface area contributed by atoms with E-state index in [1.807, 2.05) is 0 Å². The van der Waals surface area contributed by atoms with Crippen LogP contribution in [0.4, 0.5) is 17.1 Å². The fraction of sp³-hybridized carbons (Fsp3) is 0.0526. The van der Waals surface area contributed by atoms with Crippen molar-refractivity contribution in [1.29, 1.82) is 0 Å². The van der Waals surface area contributed by atoms with E-state index in [1.54, 1.807) is 0 Å². The topological polar surface area (TPSA) is 3.24 Å². The SMILES string of the molecule is CC1(C)c2ccccc2-c2cccc(N(c3ccccc3-c3ccc(-c4ccccc4)cc3)c3cccc(-c4ccccc4)c3-c3ccccc3-c3ccccc3)c21.